The Morgan fingerprint density at radius 1 is 1.14 bits per heavy atom. The molecule has 0 saturated heterocycles. The van der Waals surface area contributed by atoms with Crippen molar-refractivity contribution in [1.82, 2.24) is 20.0 Å². The minimum Gasteiger partial charge on any atom is -0.278 e. The first-order chi connectivity index (χ1) is 12.8. The van der Waals surface area contributed by atoms with E-state index in [-0.39, 0.29) is 34.8 Å². The molecule has 0 aliphatic carbocycles. The number of hydrogen-bond donors (Lipinski definition) is 2. The van der Waals surface area contributed by atoms with E-state index in [1.54, 1.807) is 4.68 Å². The van der Waals surface area contributed by atoms with Gasteiger partial charge in [0.05, 0.1) is 23.7 Å². The number of aromatic amines is 1. The third kappa shape index (κ3) is 3.64. The zero-order valence-corrected chi connectivity index (χ0v) is 17.6. The van der Waals surface area contributed by atoms with Gasteiger partial charge >= 0.3 is 0 Å². The van der Waals surface area contributed by atoms with E-state index >= 15 is 0 Å². The van der Waals surface area contributed by atoms with Gasteiger partial charge in [0, 0.05) is 10.8 Å². The monoisotopic (exact) mass is 404 g/mol. The number of aromatic nitrogens is 4. The quantitative estimate of drug-likeness (QED) is 0.739. The Kier molecular flexibility index (Phi) is 4.58. The van der Waals surface area contributed by atoms with Crippen LogP contribution in [0.25, 0.3) is 0 Å². The van der Waals surface area contributed by atoms with Crippen LogP contribution < -0.4 is 4.72 Å². The third-order valence-corrected chi connectivity index (χ3v) is 5.54. The van der Waals surface area contributed by atoms with E-state index in [1.165, 1.54) is 0 Å². The average molecular weight is 405 g/mol. The molecule has 150 valence electrons. The second-order valence-corrected chi connectivity index (χ2v) is 10.6. The van der Waals surface area contributed by atoms with Gasteiger partial charge in [-0.2, -0.15) is 15.5 Å². The molecule has 0 radical (unpaired) electrons. The highest BCUT2D eigenvalue weighted by molar-refractivity contribution is 7.92. The average Bonchev–Trinajstić information content (AvgIpc) is 3.11. The number of nitrogens with zero attached hydrogens (tertiary/aromatic N) is 6. The number of anilines is 1. The number of sulfonamides is 1. The highest BCUT2D eigenvalue weighted by Crippen LogP contribution is 2.40. The molecule has 11 heteroatoms. The first-order valence-electron chi connectivity index (χ1n) is 8.86. The number of aryl methyl sites for hydroxylation is 1. The summed E-state index contributed by atoms with van der Waals surface area (Å²) in [5, 5.41) is 29.5. The number of H-pyrrole nitrogens is 1. The van der Waals surface area contributed by atoms with Crippen LogP contribution >= 0.6 is 0 Å². The first kappa shape index (κ1) is 20.0. The van der Waals surface area contributed by atoms with E-state index in [0.29, 0.717) is 22.6 Å². The van der Waals surface area contributed by atoms with Crippen molar-refractivity contribution in [1.29, 1.82) is 5.26 Å². The highest BCUT2D eigenvalue weighted by Gasteiger charge is 2.32. The Bertz CT molecular complexity index is 1090. The summed E-state index contributed by atoms with van der Waals surface area (Å²) in [4.78, 5) is 0. The molecule has 0 fully saturated rings. The summed E-state index contributed by atoms with van der Waals surface area (Å²) in [6.45, 7) is 12.0. The Morgan fingerprint density at radius 3 is 2.39 bits per heavy atom. The van der Waals surface area contributed by atoms with Gasteiger partial charge in [-0.15, -0.1) is 10.2 Å². The maximum atomic E-state index is 12.0. The molecule has 2 N–H and O–H groups in total. The molecule has 2 aromatic heterocycles. The van der Waals surface area contributed by atoms with Gasteiger partial charge in [-0.1, -0.05) is 41.5 Å². The van der Waals surface area contributed by atoms with Gasteiger partial charge in [-0.05, 0) is 0 Å². The van der Waals surface area contributed by atoms with Crippen LogP contribution in [0.15, 0.2) is 10.2 Å². The number of hydrogen-bond acceptors (Lipinski definition) is 7. The molecular formula is C17H24N8O2S. The Morgan fingerprint density at radius 2 is 1.82 bits per heavy atom. The van der Waals surface area contributed by atoms with E-state index in [0.717, 1.165) is 0 Å². The molecule has 0 aromatic carbocycles. The van der Waals surface area contributed by atoms with Gasteiger partial charge in [0.15, 0.2) is 11.5 Å². The van der Waals surface area contributed by atoms with Gasteiger partial charge < -0.3 is 0 Å². The van der Waals surface area contributed by atoms with Crippen LogP contribution in [-0.2, 0) is 27.4 Å². The lowest BCUT2D eigenvalue weighted by atomic mass is 9.90. The van der Waals surface area contributed by atoms with Gasteiger partial charge in [0.1, 0.15) is 11.6 Å². The minimum absolute atomic E-state index is 0.0469. The van der Waals surface area contributed by atoms with E-state index in [2.05, 4.69) is 36.3 Å². The van der Waals surface area contributed by atoms with Crippen molar-refractivity contribution in [2.24, 2.45) is 10.2 Å². The summed E-state index contributed by atoms with van der Waals surface area (Å²) in [7, 11) is -3.45. The van der Waals surface area contributed by atoms with Crippen molar-refractivity contribution in [2.45, 2.75) is 58.9 Å². The van der Waals surface area contributed by atoms with Gasteiger partial charge in [0.25, 0.3) is 0 Å². The molecule has 0 spiro atoms. The molecule has 1 aliphatic rings. The topological polar surface area (TPSA) is 141 Å². The second-order valence-electron chi connectivity index (χ2n) is 8.80. The molecule has 28 heavy (non-hydrogen) atoms. The van der Waals surface area contributed by atoms with Gasteiger partial charge in [0.2, 0.25) is 15.8 Å². The molecule has 0 unspecified atom stereocenters. The van der Waals surface area contributed by atoms with E-state index in [4.69, 9.17) is 0 Å². The summed E-state index contributed by atoms with van der Waals surface area (Å²) in [5.74, 6) is 0.394. The third-order valence-electron chi connectivity index (χ3n) is 4.32. The summed E-state index contributed by atoms with van der Waals surface area (Å²) >= 11 is 0. The fraction of sp³-hybridized carbons (Fsp3) is 0.588. The number of nitrogens with one attached hydrogen (secondary N) is 2. The molecule has 0 saturated carbocycles. The maximum Gasteiger partial charge on any atom is 0.235 e. The second kappa shape index (κ2) is 6.41. The lowest BCUT2D eigenvalue weighted by Crippen LogP contribution is -2.28. The number of rotatable bonds is 2. The van der Waals surface area contributed by atoms with Crippen LogP contribution in [0.2, 0.25) is 0 Å². The zero-order chi connectivity index (χ0) is 20.9. The molecule has 3 rings (SSSR count). The van der Waals surface area contributed by atoms with Crippen molar-refractivity contribution < 1.29 is 8.42 Å². The summed E-state index contributed by atoms with van der Waals surface area (Å²) in [6, 6.07) is 2.12. The van der Waals surface area contributed by atoms with Gasteiger partial charge in [-0.3, -0.25) is 9.82 Å². The summed E-state index contributed by atoms with van der Waals surface area (Å²) in [6.07, 6.45) is 0. The molecule has 2 aromatic rings. The minimum atomic E-state index is -3.45. The fourth-order valence-corrected chi connectivity index (χ4v) is 3.88. The fourth-order valence-electron chi connectivity index (χ4n) is 2.87. The van der Waals surface area contributed by atoms with Crippen LogP contribution in [0.5, 0.6) is 0 Å². The van der Waals surface area contributed by atoms with E-state index in [1.807, 2.05) is 41.5 Å². The molecule has 3 heterocycles. The van der Waals surface area contributed by atoms with E-state index in [9.17, 15) is 13.7 Å². The Hall–Kier alpha value is -2.74. The van der Waals surface area contributed by atoms with Crippen molar-refractivity contribution in [3.63, 3.8) is 0 Å². The van der Waals surface area contributed by atoms with Gasteiger partial charge in [-0.25, -0.2) is 13.1 Å². The van der Waals surface area contributed by atoms with Crippen LogP contribution in [0, 0.1) is 11.3 Å². The summed E-state index contributed by atoms with van der Waals surface area (Å²) < 4.78 is 28.2. The van der Waals surface area contributed by atoms with Crippen LogP contribution in [0.3, 0.4) is 0 Å². The largest absolute Gasteiger partial charge is 0.278 e. The number of azo groups is 1. The smallest absolute Gasteiger partial charge is 0.235 e. The van der Waals surface area contributed by atoms with Crippen molar-refractivity contribution in [3.05, 3.63) is 17.0 Å². The predicted molar refractivity (Wildman–Crippen MR) is 105 cm³/mol. The molecular weight excluding hydrogens is 380 g/mol. The normalized spacial score (nSPS) is 16.6. The van der Waals surface area contributed by atoms with Crippen LogP contribution in [0.4, 0.5) is 17.3 Å². The molecule has 0 amide bonds. The lowest BCUT2D eigenvalue weighted by Gasteiger charge is -2.16. The molecule has 0 bridgehead atoms. The lowest BCUT2D eigenvalue weighted by molar-refractivity contribution is 0.536. The molecule has 1 aliphatic heterocycles. The Labute approximate surface area is 164 Å². The summed E-state index contributed by atoms with van der Waals surface area (Å²) in [5.41, 5.74) is 1.23. The molecule has 0 atom stereocenters. The van der Waals surface area contributed by atoms with Crippen molar-refractivity contribution in [2.75, 3.05) is 10.5 Å². The Balaban J connectivity index is 2.12. The SMILES string of the molecule is CC(C)(C)c1nn2c(c1N=Nc1n[nH]c(C(C)(C)C)c1C#N)NS(=O)(=O)CC2. The highest BCUT2D eigenvalue weighted by atomic mass is 32.2. The van der Waals surface area contributed by atoms with Crippen molar-refractivity contribution >= 4 is 27.3 Å². The van der Waals surface area contributed by atoms with E-state index < -0.39 is 10.0 Å². The number of fused-ring (bicyclic) bond motifs is 1. The first-order valence-corrected chi connectivity index (χ1v) is 10.5. The molecule has 10 nitrogen and oxygen atoms in total. The zero-order valence-electron chi connectivity index (χ0n) is 16.8. The maximum absolute atomic E-state index is 12.0. The van der Waals surface area contributed by atoms with Crippen LogP contribution in [0.1, 0.15) is 58.5 Å². The van der Waals surface area contributed by atoms with Crippen LogP contribution in [-0.4, -0.2) is 34.1 Å². The van der Waals surface area contributed by atoms with Crippen molar-refractivity contribution in [3.8, 4) is 6.07 Å². The standard InChI is InChI=1S/C17H24N8O2S/c1-16(2,3)12-10(9-18)14(22-20-12)21-19-11-13(17(4,5)6)23-25-7-8-28(26,27)24-15(11)25/h24H,7-8H2,1-6H3,(H,20,22). The predicted octanol–water partition coefficient (Wildman–Crippen LogP) is 3.24. The number of nitriles is 1.